The molecule has 122 valence electrons. The molecule has 0 aromatic heterocycles. The summed E-state index contributed by atoms with van der Waals surface area (Å²) in [4.78, 5) is 24.4. The van der Waals surface area contributed by atoms with Crippen molar-refractivity contribution in [1.82, 2.24) is 10.2 Å². The van der Waals surface area contributed by atoms with Gasteiger partial charge in [0.2, 0.25) is 0 Å². The normalized spacial score (nSPS) is 16.0. The lowest BCUT2D eigenvalue weighted by molar-refractivity contribution is -0.138. The highest BCUT2D eigenvalue weighted by atomic mass is 16.4. The van der Waals surface area contributed by atoms with Gasteiger partial charge in [0, 0.05) is 26.1 Å². The number of urea groups is 1. The zero-order valence-electron chi connectivity index (χ0n) is 13.3. The molecule has 5 nitrogen and oxygen atoms in total. The topological polar surface area (TPSA) is 69.6 Å². The number of nitrogens with one attached hydrogen (secondary N) is 1. The number of nitrogens with zero attached hydrogens (tertiary/aromatic N) is 1. The molecule has 0 aromatic rings. The molecule has 21 heavy (non-hydrogen) atoms. The first kappa shape index (κ1) is 17.8. The van der Waals surface area contributed by atoms with E-state index in [0.29, 0.717) is 13.1 Å². The number of unbranched alkanes of at least 4 members (excludes halogenated alkanes) is 5. The van der Waals surface area contributed by atoms with E-state index >= 15 is 0 Å². The van der Waals surface area contributed by atoms with E-state index in [0.717, 1.165) is 25.8 Å². The number of aliphatic carboxylic acids is 1. The highest BCUT2D eigenvalue weighted by Crippen LogP contribution is 2.20. The first-order chi connectivity index (χ1) is 10.1. The Balaban J connectivity index is 2.04. The highest BCUT2D eigenvalue weighted by Gasteiger charge is 2.23. The van der Waals surface area contributed by atoms with E-state index in [2.05, 4.69) is 12.2 Å². The molecule has 2 N–H and O–H groups in total. The molecule has 0 saturated carbocycles. The third-order valence-electron chi connectivity index (χ3n) is 4.17. The third-order valence-corrected chi connectivity index (χ3v) is 4.17. The van der Waals surface area contributed by atoms with Gasteiger partial charge in [0.15, 0.2) is 0 Å². The van der Waals surface area contributed by atoms with Gasteiger partial charge in [-0.15, -0.1) is 0 Å². The van der Waals surface area contributed by atoms with Crippen LogP contribution >= 0.6 is 0 Å². The average molecular weight is 298 g/mol. The van der Waals surface area contributed by atoms with Crippen LogP contribution in [0.25, 0.3) is 0 Å². The number of hydrogen-bond donors (Lipinski definition) is 2. The molecule has 1 fully saturated rings. The minimum atomic E-state index is -0.735. The molecular formula is C16H30N2O3. The number of carbonyl (C=O) groups is 2. The Morgan fingerprint density at radius 1 is 1.10 bits per heavy atom. The van der Waals surface area contributed by atoms with Gasteiger partial charge in [-0.1, -0.05) is 39.0 Å². The van der Waals surface area contributed by atoms with Crippen LogP contribution in [0.3, 0.4) is 0 Å². The van der Waals surface area contributed by atoms with Crippen LogP contribution in [0.4, 0.5) is 4.79 Å². The highest BCUT2D eigenvalue weighted by molar-refractivity contribution is 5.74. The number of likely N-dealkylation sites (tertiary alicyclic amines) is 1. The SMILES string of the molecule is CCCCCCCCNC(=O)N1CCC(CC(=O)O)CC1. The van der Waals surface area contributed by atoms with Crippen LogP contribution < -0.4 is 5.32 Å². The Morgan fingerprint density at radius 2 is 1.71 bits per heavy atom. The fourth-order valence-corrected chi connectivity index (χ4v) is 2.80. The minimum absolute atomic E-state index is 0.0114. The van der Waals surface area contributed by atoms with Crippen molar-refractivity contribution in [1.29, 1.82) is 0 Å². The summed E-state index contributed by atoms with van der Waals surface area (Å²) in [5.41, 5.74) is 0. The number of amides is 2. The number of carbonyl (C=O) groups excluding carboxylic acids is 1. The lowest BCUT2D eigenvalue weighted by atomic mass is 9.94. The van der Waals surface area contributed by atoms with Gasteiger partial charge < -0.3 is 15.3 Å². The van der Waals surface area contributed by atoms with Crippen molar-refractivity contribution in [3.05, 3.63) is 0 Å². The zero-order chi connectivity index (χ0) is 15.5. The van der Waals surface area contributed by atoms with Crippen molar-refractivity contribution in [2.75, 3.05) is 19.6 Å². The van der Waals surface area contributed by atoms with E-state index in [1.807, 2.05) is 4.90 Å². The van der Waals surface area contributed by atoms with Crippen molar-refractivity contribution in [2.24, 2.45) is 5.92 Å². The molecule has 0 aromatic carbocycles. The molecule has 2 amide bonds. The lowest BCUT2D eigenvalue weighted by Crippen LogP contribution is -2.44. The van der Waals surface area contributed by atoms with Crippen LogP contribution in [-0.4, -0.2) is 41.6 Å². The van der Waals surface area contributed by atoms with Crippen LogP contribution in [0, 0.1) is 5.92 Å². The third kappa shape index (κ3) is 7.93. The Labute approximate surface area is 128 Å². The molecule has 0 unspecified atom stereocenters. The van der Waals surface area contributed by atoms with E-state index in [9.17, 15) is 9.59 Å². The Bertz CT molecular complexity index is 313. The maximum Gasteiger partial charge on any atom is 0.317 e. The van der Waals surface area contributed by atoms with Crippen molar-refractivity contribution in [2.45, 2.75) is 64.7 Å². The van der Waals surface area contributed by atoms with E-state index in [-0.39, 0.29) is 18.4 Å². The van der Waals surface area contributed by atoms with Gasteiger partial charge in [0.1, 0.15) is 0 Å². The maximum atomic E-state index is 12.0. The van der Waals surface area contributed by atoms with Gasteiger partial charge in [-0.3, -0.25) is 4.79 Å². The van der Waals surface area contributed by atoms with Gasteiger partial charge in [-0.05, 0) is 25.2 Å². The molecule has 0 atom stereocenters. The standard InChI is InChI=1S/C16H30N2O3/c1-2-3-4-5-6-7-10-17-16(21)18-11-8-14(9-12-18)13-15(19)20/h14H,2-13H2,1H3,(H,17,21)(H,19,20). The second kappa shape index (κ2) is 10.5. The minimum Gasteiger partial charge on any atom is -0.481 e. The van der Waals surface area contributed by atoms with Crippen LogP contribution in [0.5, 0.6) is 0 Å². The second-order valence-corrected chi connectivity index (χ2v) is 6.03. The van der Waals surface area contributed by atoms with Crippen molar-refractivity contribution >= 4 is 12.0 Å². The fraction of sp³-hybridized carbons (Fsp3) is 0.875. The van der Waals surface area contributed by atoms with Crippen LogP contribution in [0.2, 0.25) is 0 Å². The largest absolute Gasteiger partial charge is 0.481 e. The molecule has 0 bridgehead atoms. The number of rotatable bonds is 9. The maximum absolute atomic E-state index is 12.0. The lowest BCUT2D eigenvalue weighted by Gasteiger charge is -2.31. The molecule has 1 rings (SSSR count). The summed E-state index contributed by atoms with van der Waals surface area (Å²) in [7, 11) is 0. The predicted molar refractivity (Wildman–Crippen MR) is 83.3 cm³/mol. The fourth-order valence-electron chi connectivity index (χ4n) is 2.80. The van der Waals surface area contributed by atoms with E-state index in [4.69, 9.17) is 5.11 Å². The predicted octanol–water partition coefficient (Wildman–Crippen LogP) is 3.24. The average Bonchev–Trinajstić information content (AvgIpc) is 2.46. The molecule has 5 heteroatoms. The summed E-state index contributed by atoms with van der Waals surface area (Å²) < 4.78 is 0. The molecule has 0 aliphatic carbocycles. The molecule has 1 saturated heterocycles. The van der Waals surface area contributed by atoms with E-state index < -0.39 is 5.97 Å². The first-order valence-corrected chi connectivity index (χ1v) is 8.38. The van der Waals surface area contributed by atoms with Crippen molar-refractivity contribution < 1.29 is 14.7 Å². The smallest absolute Gasteiger partial charge is 0.317 e. The molecule has 1 aliphatic rings. The summed E-state index contributed by atoms with van der Waals surface area (Å²) in [6.45, 7) is 4.32. The van der Waals surface area contributed by atoms with E-state index in [1.54, 1.807) is 0 Å². The van der Waals surface area contributed by atoms with Gasteiger partial charge >= 0.3 is 12.0 Å². The molecule has 1 heterocycles. The second-order valence-electron chi connectivity index (χ2n) is 6.03. The van der Waals surface area contributed by atoms with Crippen LogP contribution in [0.1, 0.15) is 64.7 Å². The van der Waals surface area contributed by atoms with E-state index in [1.165, 1.54) is 32.1 Å². The summed E-state index contributed by atoms with van der Waals surface area (Å²) in [6, 6.07) is 0.0114. The number of carboxylic acids is 1. The van der Waals surface area contributed by atoms with Crippen molar-refractivity contribution in [3.8, 4) is 0 Å². The Kier molecular flexibility index (Phi) is 8.87. The molecule has 0 spiro atoms. The molecule has 0 radical (unpaired) electrons. The number of piperidine rings is 1. The van der Waals surface area contributed by atoms with Crippen LogP contribution in [0.15, 0.2) is 0 Å². The number of carboxylic acid groups (broad SMARTS) is 1. The Hall–Kier alpha value is -1.26. The monoisotopic (exact) mass is 298 g/mol. The summed E-state index contributed by atoms with van der Waals surface area (Å²) in [5, 5.41) is 11.7. The number of hydrogen-bond acceptors (Lipinski definition) is 2. The molecule has 1 aliphatic heterocycles. The van der Waals surface area contributed by atoms with Gasteiger partial charge in [0.25, 0.3) is 0 Å². The summed E-state index contributed by atoms with van der Waals surface area (Å²) in [6.07, 6.45) is 9.17. The summed E-state index contributed by atoms with van der Waals surface area (Å²) in [5.74, 6) is -0.508. The Morgan fingerprint density at radius 3 is 2.33 bits per heavy atom. The zero-order valence-corrected chi connectivity index (χ0v) is 13.3. The quantitative estimate of drug-likeness (QED) is 0.642. The summed E-state index contributed by atoms with van der Waals surface area (Å²) >= 11 is 0. The first-order valence-electron chi connectivity index (χ1n) is 8.38. The van der Waals surface area contributed by atoms with Gasteiger partial charge in [0.05, 0.1) is 0 Å². The van der Waals surface area contributed by atoms with Gasteiger partial charge in [-0.25, -0.2) is 4.79 Å². The van der Waals surface area contributed by atoms with Crippen LogP contribution in [-0.2, 0) is 4.79 Å². The van der Waals surface area contributed by atoms with Crippen molar-refractivity contribution in [3.63, 3.8) is 0 Å². The molecular weight excluding hydrogens is 268 g/mol. The van der Waals surface area contributed by atoms with Gasteiger partial charge in [-0.2, -0.15) is 0 Å².